The van der Waals surface area contributed by atoms with Crippen LogP contribution >= 0.6 is 0 Å². The Labute approximate surface area is 102 Å². The van der Waals surface area contributed by atoms with Gasteiger partial charge in [0.2, 0.25) is 0 Å². The molecule has 0 spiro atoms. The molecule has 1 saturated heterocycles. The van der Waals surface area contributed by atoms with Crippen molar-refractivity contribution in [3.8, 4) is 0 Å². The topological polar surface area (TPSA) is 62.3 Å². The second kappa shape index (κ2) is 5.29. The largest absolute Gasteiger partial charge is 0.385 e. The van der Waals surface area contributed by atoms with Crippen molar-refractivity contribution in [1.29, 1.82) is 5.41 Å². The van der Waals surface area contributed by atoms with E-state index in [4.69, 9.17) is 15.9 Å². The zero-order valence-electron chi connectivity index (χ0n) is 10.1. The van der Waals surface area contributed by atoms with Crippen molar-refractivity contribution in [3.05, 3.63) is 35.4 Å². The quantitative estimate of drug-likeness (QED) is 0.607. The fourth-order valence-corrected chi connectivity index (χ4v) is 1.99. The van der Waals surface area contributed by atoms with Crippen LogP contribution in [0.15, 0.2) is 24.3 Å². The summed E-state index contributed by atoms with van der Waals surface area (Å²) in [5.41, 5.74) is 8.04. The minimum atomic E-state index is -0.241. The second-order valence-electron chi connectivity index (χ2n) is 4.54. The molecule has 3 N–H and O–H groups in total. The van der Waals surface area contributed by atoms with Crippen molar-refractivity contribution in [2.24, 2.45) is 5.73 Å². The minimum absolute atomic E-state index is 0.124. The molecule has 1 atom stereocenters. The molecule has 1 aliphatic rings. The zero-order valence-corrected chi connectivity index (χ0v) is 10.1. The van der Waals surface area contributed by atoms with Gasteiger partial charge in [0.25, 0.3) is 0 Å². The zero-order chi connectivity index (χ0) is 12.3. The van der Waals surface area contributed by atoms with E-state index in [1.165, 1.54) is 11.1 Å². The van der Waals surface area contributed by atoms with Crippen molar-refractivity contribution in [2.75, 3.05) is 19.7 Å². The first-order valence-corrected chi connectivity index (χ1v) is 5.88. The summed E-state index contributed by atoms with van der Waals surface area (Å²) in [6.07, 6.45) is -0.241. The Bertz CT molecular complexity index is 388. The fourth-order valence-electron chi connectivity index (χ4n) is 1.99. The Hall–Kier alpha value is -1.39. The molecule has 0 amide bonds. The highest BCUT2D eigenvalue weighted by molar-refractivity contribution is 5.82. The molecule has 2 rings (SSSR count). The number of nitrogens with two attached hydrogens (primary N) is 1. The van der Waals surface area contributed by atoms with E-state index in [0.717, 1.165) is 13.1 Å². The van der Waals surface area contributed by atoms with E-state index >= 15 is 0 Å². The molecule has 0 saturated carbocycles. The summed E-state index contributed by atoms with van der Waals surface area (Å²) in [6, 6.07) is 8.54. The molecule has 1 aliphatic heterocycles. The van der Waals surface area contributed by atoms with Gasteiger partial charge < -0.3 is 10.5 Å². The van der Waals surface area contributed by atoms with Gasteiger partial charge in [-0.1, -0.05) is 29.8 Å². The molecule has 0 radical (unpaired) electrons. The molecule has 17 heavy (non-hydrogen) atoms. The summed E-state index contributed by atoms with van der Waals surface area (Å²) in [4.78, 5) is 2.28. The van der Waals surface area contributed by atoms with Gasteiger partial charge in [0.05, 0.1) is 6.61 Å². The van der Waals surface area contributed by atoms with Crippen LogP contribution in [0.2, 0.25) is 0 Å². The monoisotopic (exact) mass is 233 g/mol. The highest BCUT2D eigenvalue weighted by Gasteiger charge is 2.22. The van der Waals surface area contributed by atoms with Crippen molar-refractivity contribution in [1.82, 2.24) is 4.90 Å². The van der Waals surface area contributed by atoms with Gasteiger partial charge in [-0.15, -0.1) is 0 Å². The number of rotatable bonds is 3. The molecule has 4 heteroatoms. The smallest absolute Gasteiger partial charge is 0.127 e. The van der Waals surface area contributed by atoms with E-state index in [2.05, 4.69) is 36.1 Å². The van der Waals surface area contributed by atoms with E-state index in [1.807, 2.05) is 0 Å². The Morgan fingerprint density at radius 3 is 2.82 bits per heavy atom. The number of hydrogen-bond acceptors (Lipinski definition) is 3. The molecule has 1 unspecified atom stereocenters. The number of morpholine rings is 1. The van der Waals surface area contributed by atoms with E-state index in [-0.39, 0.29) is 11.9 Å². The highest BCUT2D eigenvalue weighted by Crippen LogP contribution is 2.11. The molecule has 92 valence electrons. The molecule has 1 heterocycles. The van der Waals surface area contributed by atoms with Crippen LogP contribution in [-0.4, -0.2) is 36.5 Å². The summed E-state index contributed by atoms with van der Waals surface area (Å²) in [6.45, 7) is 5.24. The number of amidine groups is 1. The first-order valence-electron chi connectivity index (χ1n) is 5.88. The average Bonchev–Trinajstić information content (AvgIpc) is 2.32. The SMILES string of the molecule is Cc1ccc(CN2CCOC(C(=N)N)C2)cc1. The first kappa shape index (κ1) is 12.1. The van der Waals surface area contributed by atoms with Crippen LogP contribution in [0, 0.1) is 12.3 Å². The maximum atomic E-state index is 7.41. The van der Waals surface area contributed by atoms with Crippen LogP contribution in [-0.2, 0) is 11.3 Å². The number of benzene rings is 1. The van der Waals surface area contributed by atoms with Crippen molar-refractivity contribution in [2.45, 2.75) is 19.6 Å². The normalized spacial score (nSPS) is 21.4. The molecule has 0 bridgehead atoms. The third kappa shape index (κ3) is 3.28. The number of ether oxygens (including phenoxy) is 1. The van der Waals surface area contributed by atoms with Crippen LogP contribution in [0.3, 0.4) is 0 Å². The van der Waals surface area contributed by atoms with E-state index in [1.54, 1.807) is 0 Å². The lowest BCUT2D eigenvalue weighted by Crippen LogP contribution is -2.47. The number of hydrogen-bond donors (Lipinski definition) is 2. The maximum Gasteiger partial charge on any atom is 0.127 e. The van der Waals surface area contributed by atoms with Gasteiger partial charge in [0.1, 0.15) is 11.9 Å². The molecule has 1 fully saturated rings. The average molecular weight is 233 g/mol. The van der Waals surface area contributed by atoms with Gasteiger partial charge in [-0.25, -0.2) is 0 Å². The Balaban J connectivity index is 1.94. The minimum Gasteiger partial charge on any atom is -0.385 e. The third-order valence-electron chi connectivity index (χ3n) is 3.02. The van der Waals surface area contributed by atoms with Crippen LogP contribution in [0.5, 0.6) is 0 Å². The lowest BCUT2D eigenvalue weighted by molar-refractivity contribution is 0.00236. The predicted octanol–water partition coefficient (Wildman–Crippen LogP) is 1.13. The molecular weight excluding hydrogens is 214 g/mol. The summed E-state index contributed by atoms with van der Waals surface area (Å²) in [5, 5.41) is 7.41. The van der Waals surface area contributed by atoms with Crippen molar-refractivity contribution in [3.63, 3.8) is 0 Å². The van der Waals surface area contributed by atoms with Crippen LogP contribution in [0.25, 0.3) is 0 Å². The third-order valence-corrected chi connectivity index (χ3v) is 3.02. The summed E-state index contributed by atoms with van der Waals surface area (Å²) in [7, 11) is 0. The fraction of sp³-hybridized carbons (Fsp3) is 0.462. The van der Waals surface area contributed by atoms with Crippen molar-refractivity contribution >= 4 is 5.84 Å². The Morgan fingerprint density at radius 1 is 1.47 bits per heavy atom. The van der Waals surface area contributed by atoms with E-state index in [0.29, 0.717) is 13.2 Å². The standard InChI is InChI=1S/C13H19N3O/c1-10-2-4-11(5-3-10)8-16-6-7-17-12(9-16)13(14)15/h2-5,12H,6-9H2,1H3,(H3,14,15). The lowest BCUT2D eigenvalue weighted by atomic mass is 10.1. The first-order chi connectivity index (χ1) is 8.15. The molecule has 0 aromatic heterocycles. The van der Waals surface area contributed by atoms with Gasteiger partial charge >= 0.3 is 0 Å². The van der Waals surface area contributed by atoms with Crippen molar-refractivity contribution < 1.29 is 4.74 Å². The number of aryl methyl sites for hydroxylation is 1. The van der Waals surface area contributed by atoms with Gasteiger partial charge in [-0.05, 0) is 12.5 Å². The van der Waals surface area contributed by atoms with Gasteiger partial charge in [-0.2, -0.15) is 0 Å². The maximum absolute atomic E-state index is 7.41. The molecule has 0 aliphatic carbocycles. The van der Waals surface area contributed by atoms with Gasteiger partial charge in [0, 0.05) is 19.6 Å². The van der Waals surface area contributed by atoms with Gasteiger partial charge in [-0.3, -0.25) is 10.3 Å². The van der Waals surface area contributed by atoms with E-state index < -0.39 is 0 Å². The predicted molar refractivity (Wildman–Crippen MR) is 68.1 cm³/mol. The molecule has 1 aromatic rings. The Morgan fingerprint density at radius 2 is 2.18 bits per heavy atom. The highest BCUT2D eigenvalue weighted by atomic mass is 16.5. The lowest BCUT2D eigenvalue weighted by Gasteiger charge is -2.32. The Kier molecular flexibility index (Phi) is 3.76. The van der Waals surface area contributed by atoms with Gasteiger partial charge in [0.15, 0.2) is 0 Å². The van der Waals surface area contributed by atoms with Crippen LogP contribution < -0.4 is 5.73 Å². The van der Waals surface area contributed by atoms with E-state index in [9.17, 15) is 0 Å². The van der Waals surface area contributed by atoms with Crippen LogP contribution in [0.4, 0.5) is 0 Å². The molecule has 4 nitrogen and oxygen atoms in total. The number of nitrogens with one attached hydrogen (secondary N) is 1. The number of nitrogens with zero attached hydrogens (tertiary/aromatic N) is 1. The second-order valence-corrected chi connectivity index (χ2v) is 4.54. The molecule has 1 aromatic carbocycles. The van der Waals surface area contributed by atoms with Crippen LogP contribution in [0.1, 0.15) is 11.1 Å². The molecular formula is C13H19N3O. The summed E-state index contributed by atoms with van der Waals surface area (Å²) < 4.78 is 5.44. The summed E-state index contributed by atoms with van der Waals surface area (Å²) in [5.74, 6) is 0.124. The summed E-state index contributed by atoms with van der Waals surface area (Å²) >= 11 is 0.